The molecule has 1 aromatic carbocycles. The van der Waals surface area contributed by atoms with E-state index < -0.39 is 6.61 Å². The summed E-state index contributed by atoms with van der Waals surface area (Å²) in [4.78, 5) is 3.96. The first-order valence-electron chi connectivity index (χ1n) is 5.85. The third-order valence-corrected chi connectivity index (χ3v) is 2.53. The highest BCUT2D eigenvalue weighted by molar-refractivity contribution is 5.42. The van der Waals surface area contributed by atoms with Gasteiger partial charge in [-0.05, 0) is 17.7 Å². The molecule has 0 radical (unpaired) electrons. The highest BCUT2D eigenvalue weighted by Crippen LogP contribution is 2.29. The van der Waals surface area contributed by atoms with E-state index in [1.807, 2.05) is 0 Å². The minimum Gasteiger partial charge on any atom is -0.493 e. The number of nitrogens with one attached hydrogen (secondary N) is 2. The van der Waals surface area contributed by atoms with Crippen molar-refractivity contribution in [3.63, 3.8) is 0 Å². The Morgan fingerprint density at radius 1 is 1.30 bits per heavy atom. The predicted molar refractivity (Wildman–Crippen MR) is 66.6 cm³/mol. The van der Waals surface area contributed by atoms with Gasteiger partial charge in [-0.25, -0.2) is 4.98 Å². The van der Waals surface area contributed by atoms with Crippen LogP contribution in [-0.4, -0.2) is 28.9 Å². The summed E-state index contributed by atoms with van der Waals surface area (Å²) >= 11 is 0. The Kier molecular flexibility index (Phi) is 4.83. The fourth-order valence-electron chi connectivity index (χ4n) is 1.66. The second-order valence-corrected chi connectivity index (χ2v) is 3.90. The molecule has 20 heavy (non-hydrogen) atoms. The van der Waals surface area contributed by atoms with Crippen LogP contribution < -0.4 is 14.8 Å². The number of H-pyrrole nitrogens is 1. The lowest BCUT2D eigenvalue weighted by Crippen LogP contribution is -2.14. The van der Waals surface area contributed by atoms with Gasteiger partial charge in [0.1, 0.15) is 12.2 Å². The van der Waals surface area contributed by atoms with E-state index in [-0.39, 0.29) is 11.5 Å². The Labute approximate surface area is 114 Å². The number of hydrogen-bond donors (Lipinski definition) is 2. The molecule has 0 spiro atoms. The molecule has 0 unspecified atom stereocenters. The van der Waals surface area contributed by atoms with Crippen LogP contribution in [0, 0.1) is 0 Å². The molecule has 2 N–H and O–H groups in total. The zero-order valence-electron chi connectivity index (χ0n) is 10.8. The number of rotatable bonds is 7. The molecule has 0 bridgehead atoms. The van der Waals surface area contributed by atoms with Crippen LogP contribution in [0.4, 0.5) is 8.78 Å². The molecule has 1 aromatic heterocycles. The third-order valence-electron chi connectivity index (χ3n) is 2.53. The number of aromatic nitrogens is 3. The minimum atomic E-state index is -2.89. The molecular formula is C12H14F2N4O2. The SMILES string of the molecule is COc1ccc(CNCc2ncn[nH]2)cc1OC(F)F. The molecule has 8 heteroatoms. The fraction of sp³-hybridized carbons (Fsp3) is 0.333. The molecule has 0 saturated heterocycles. The van der Waals surface area contributed by atoms with Crippen LogP contribution in [0.5, 0.6) is 11.5 Å². The van der Waals surface area contributed by atoms with Crippen LogP contribution in [0.25, 0.3) is 0 Å². The molecule has 6 nitrogen and oxygen atoms in total. The van der Waals surface area contributed by atoms with E-state index in [0.717, 1.165) is 5.56 Å². The van der Waals surface area contributed by atoms with Gasteiger partial charge in [0, 0.05) is 6.54 Å². The Bertz CT molecular complexity index is 534. The Balaban J connectivity index is 1.97. The number of halogens is 2. The van der Waals surface area contributed by atoms with Gasteiger partial charge in [0.25, 0.3) is 0 Å². The average molecular weight is 284 g/mol. The molecule has 0 aliphatic rings. The van der Waals surface area contributed by atoms with Crippen molar-refractivity contribution in [2.24, 2.45) is 0 Å². The summed E-state index contributed by atoms with van der Waals surface area (Å²) in [5.41, 5.74) is 0.793. The van der Waals surface area contributed by atoms with Gasteiger partial charge in [-0.2, -0.15) is 13.9 Å². The van der Waals surface area contributed by atoms with Gasteiger partial charge in [-0.15, -0.1) is 0 Å². The molecule has 0 fully saturated rings. The standard InChI is InChI=1S/C12H14F2N4O2/c1-19-9-3-2-8(4-10(9)20-12(13)14)5-15-6-11-16-7-17-18-11/h2-4,7,12,15H,5-6H2,1H3,(H,16,17,18). The van der Waals surface area contributed by atoms with E-state index in [1.165, 1.54) is 19.5 Å². The smallest absolute Gasteiger partial charge is 0.387 e. The number of nitrogens with zero attached hydrogens (tertiary/aromatic N) is 2. The van der Waals surface area contributed by atoms with Crippen LogP contribution in [-0.2, 0) is 13.1 Å². The second kappa shape index (κ2) is 6.80. The van der Waals surface area contributed by atoms with Crippen LogP contribution in [0.2, 0.25) is 0 Å². The molecule has 0 aliphatic carbocycles. The monoisotopic (exact) mass is 284 g/mol. The molecule has 0 atom stereocenters. The largest absolute Gasteiger partial charge is 0.493 e. The van der Waals surface area contributed by atoms with Crippen molar-refractivity contribution in [3.8, 4) is 11.5 Å². The fourth-order valence-corrected chi connectivity index (χ4v) is 1.66. The molecule has 2 aromatic rings. The molecule has 2 rings (SSSR count). The van der Waals surface area contributed by atoms with Crippen molar-refractivity contribution in [1.82, 2.24) is 20.5 Å². The number of benzene rings is 1. The molecule has 0 aliphatic heterocycles. The zero-order valence-corrected chi connectivity index (χ0v) is 10.8. The van der Waals surface area contributed by atoms with Crippen molar-refractivity contribution in [1.29, 1.82) is 0 Å². The van der Waals surface area contributed by atoms with Gasteiger partial charge < -0.3 is 14.8 Å². The molecule has 108 valence electrons. The van der Waals surface area contributed by atoms with Crippen molar-refractivity contribution < 1.29 is 18.3 Å². The van der Waals surface area contributed by atoms with Crippen LogP contribution in [0.15, 0.2) is 24.5 Å². The number of methoxy groups -OCH3 is 1. The molecule has 0 saturated carbocycles. The lowest BCUT2D eigenvalue weighted by molar-refractivity contribution is -0.0512. The van der Waals surface area contributed by atoms with Gasteiger partial charge >= 0.3 is 6.61 Å². The van der Waals surface area contributed by atoms with Crippen molar-refractivity contribution >= 4 is 0 Å². The predicted octanol–water partition coefficient (Wildman–Crippen LogP) is 1.70. The average Bonchev–Trinajstić information content (AvgIpc) is 2.91. The maximum atomic E-state index is 12.3. The second-order valence-electron chi connectivity index (χ2n) is 3.90. The van der Waals surface area contributed by atoms with Gasteiger partial charge in [0.15, 0.2) is 11.5 Å². The Morgan fingerprint density at radius 2 is 2.15 bits per heavy atom. The summed E-state index contributed by atoms with van der Waals surface area (Å²) in [6, 6.07) is 4.87. The van der Waals surface area contributed by atoms with E-state index in [2.05, 4.69) is 25.2 Å². The zero-order chi connectivity index (χ0) is 14.4. The molecule has 0 amide bonds. The topological polar surface area (TPSA) is 72.1 Å². The Morgan fingerprint density at radius 3 is 2.80 bits per heavy atom. The third kappa shape index (κ3) is 3.89. The van der Waals surface area contributed by atoms with Crippen LogP contribution >= 0.6 is 0 Å². The van der Waals surface area contributed by atoms with Crippen LogP contribution in [0.1, 0.15) is 11.4 Å². The number of ether oxygens (including phenoxy) is 2. The number of aromatic amines is 1. The molecular weight excluding hydrogens is 270 g/mol. The maximum Gasteiger partial charge on any atom is 0.387 e. The normalized spacial score (nSPS) is 10.8. The van der Waals surface area contributed by atoms with E-state index in [0.29, 0.717) is 18.9 Å². The summed E-state index contributed by atoms with van der Waals surface area (Å²) in [5.74, 6) is 0.980. The number of hydrogen-bond acceptors (Lipinski definition) is 5. The van der Waals surface area contributed by atoms with Crippen molar-refractivity contribution in [2.75, 3.05) is 7.11 Å². The highest BCUT2D eigenvalue weighted by atomic mass is 19.3. The van der Waals surface area contributed by atoms with E-state index in [1.54, 1.807) is 12.1 Å². The first-order chi connectivity index (χ1) is 9.69. The molecule has 1 heterocycles. The van der Waals surface area contributed by atoms with Gasteiger partial charge in [0.05, 0.1) is 13.7 Å². The first-order valence-corrected chi connectivity index (χ1v) is 5.85. The summed E-state index contributed by atoms with van der Waals surface area (Å²) in [6.07, 6.45) is 1.42. The highest BCUT2D eigenvalue weighted by Gasteiger charge is 2.11. The van der Waals surface area contributed by atoms with Crippen molar-refractivity contribution in [3.05, 3.63) is 35.9 Å². The summed E-state index contributed by atoms with van der Waals surface area (Å²) in [5, 5.41) is 9.54. The van der Waals surface area contributed by atoms with Crippen molar-refractivity contribution in [2.45, 2.75) is 19.7 Å². The van der Waals surface area contributed by atoms with E-state index in [9.17, 15) is 8.78 Å². The summed E-state index contributed by atoms with van der Waals surface area (Å²) in [6.45, 7) is -1.91. The Hall–Kier alpha value is -2.22. The first kappa shape index (κ1) is 14.2. The summed E-state index contributed by atoms with van der Waals surface area (Å²) in [7, 11) is 1.40. The number of alkyl halides is 2. The lowest BCUT2D eigenvalue weighted by atomic mass is 10.2. The minimum absolute atomic E-state index is 0.0152. The maximum absolute atomic E-state index is 12.3. The van der Waals surface area contributed by atoms with Gasteiger partial charge in [0.2, 0.25) is 0 Å². The van der Waals surface area contributed by atoms with Gasteiger partial charge in [-0.3, -0.25) is 5.10 Å². The van der Waals surface area contributed by atoms with Crippen LogP contribution in [0.3, 0.4) is 0 Å². The van der Waals surface area contributed by atoms with Gasteiger partial charge in [-0.1, -0.05) is 6.07 Å². The summed E-state index contributed by atoms with van der Waals surface area (Å²) < 4.78 is 34.0. The quantitative estimate of drug-likeness (QED) is 0.809. The lowest BCUT2D eigenvalue weighted by Gasteiger charge is -2.11. The van der Waals surface area contributed by atoms with E-state index in [4.69, 9.17) is 4.74 Å². The van der Waals surface area contributed by atoms with E-state index >= 15 is 0 Å².